The average molecular weight is 390 g/mol. The Hall–Kier alpha value is -3.23. The van der Waals surface area contributed by atoms with Gasteiger partial charge < -0.3 is 9.47 Å². The highest BCUT2D eigenvalue weighted by atomic mass is 16.5. The van der Waals surface area contributed by atoms with Crippen LogP contribution in [-0.4, -0.2) is 63.4 Å². The molecule has 1 atom stereocenters. The number of hydrogen-bond donors (Lipinski definition) is 2. The van der Waals surface area contributed by atoms with Crippen molar-refractivity contribution >= 4 is 10.9 Å². The SMILES string of the molecule is c1ccc(OC(CN2CCOCC2)c2[nH]nc3ccc(-c4cn[nH]n4)cc23)cc1. The molecule has 2 aromatic heterocycles. The van der Waals surface area contributed by atoms with Crippen LogP contribution in [0.25, 0.3) is 22.2 Å². The van der Waals surface area contributed by atoms with Crippen LogP contribution in [0.3, 0.4) is 0 Å². The summed E-state index contributed by atoms with van der Waals surface area (Å²) in [6.07, 6.45) is 1.53. The second-order valence-corrected chi connectivity index (χ2v) is 7.06. The summed E-state index contributed by atoms with van der Waals surface area (Å²) in [5, 5.41) is 19.5. The zero-order valence-electron chi connectivity index (χ0n) is 15.9. The van der Waals surface area contributed by atoms with E-state index in [-0.39, 0.29) is 6.10 Å². The Bertz CT molecular complexity index is 1060. The molecule has 0 bridgehead atoms. The molecule has 2 N–H and O–H groups in total. The summed E-state index contributed by atoms with van der Waals surface area (Å²) < 4.78 is 11.9. The Morgan fingerprint density at radius 3 is 2.72 bits per heavy atom. The van der Waals surface area contributed by atoms with E-state index in [1.165, 1.54) is 0 Å². The third-order valence-electron chi connectivity index (χ3n) is 5.17. The minimum absolute atomic E-state index is 0.187. The molecule has 0 amide bonds. The molecule has 1 aliphatic heterocycles. The van der Waals surface area contributed by atoms with E-state index in [1.807, 2.05) is 42.5 Å². The number of H-pyrrole nitrogens is 2. The number of rotatable bonds is 6. The van der Waals surface area contributed by atoms with Gasteiger partial charge in [-0.25, -0.2) is 0 Å². The molecule has 5 rings (SSSR count). The smallest absolute Gasteiger partial charge is 0.153 e. The Morgan fingerprint density at radius 1 is 1.07 bits per heavy atom. The van der Waals surface area contributed by atoms with Gasteiger partial charge in [-0.1, -0.05) is 24.3 Å². The van der Waals surface area contributed by atoms with Crippen molar-refractivity contribution in [3.63, 3.8) is 0 Å². The van der Waals surface area contributed by atoms with Crippen LogP contribution in [0.15, 0.2) is 54.7 Å². The van der Waals surface area contributed by atoms with E-state index in [0.29, 0.717) is 0 Å². The summed E-state index contributed by atoms with van der Waals surface area (Å²) in [4.78, 5) is 2.37. The molecule has 29 heavy (non-hydrogen) atoms. The molecule has 0 aliphatic carbocycles. The topological polar surface area (TPSA) is 92.0 Å². The number of fused-ring (bicyclic) bond motifs is 1. The minimum Gasteiger partial charge on any atom is -0.483 e. The van der Waals surface area contributed by atoms with Crippen LogP contribution in [0.4, 0.5) is 0 Å². The van der Waals surface area contributed by atoms with Crippen LogP contribution < -0.4 is 4.74 Å². The van der Waals surface area contributed by atoms with Gasteiger partial charge in [0.05, 0.1) is 30.6 Å². The molecule has 8 nitrogen and oxygen atoms in total. The fourth-order valence-electron chi connectivity index (χ4n) is 3.64. The normalized spacial score (nSPS) is 16.1. The lowest BCUT2D eigenvalue weighted by Crippen LogP contribution is -2.40. The molecular weight excluding hydrogens is 368 g/mol. The van der Waals surface area contributed by atoms with Crippen molar-refractivity contribution in [2.45, 2.75) is 6.10 Å². The van der Waals surface area contributed by atoms with Gasteiger partial charge in [-0.2, -0.15) is 20.5 Å². The Labute approximate surface area is 167 Å². The Morgan fingerprint density at radius 2 is 1.93 bits per heavy atom. The zero-order valence-corrected chi connectivity index (χ0v) is 15.9. The maximum atomic E-state index is 6.41. The van der Waals surface area contributed by atoms with Gasteiger partial charge in [-0.15, -0.1) is 0 Å². The molecule has 8 heteroatoms. The fourth-order valence-corrected chi connectivity index (χ4v) is 3.64. The van der Waals surface area contributed by atoms with Gasteiger partial charge in [0, 0.05) is 30.6 Å². The highest BCUT2D eigenvalue weighted by Gasteiger charge is 2.24. The zero-order chi connectivity index (χ0) is 19.5. The van der Waals surface area contributed by atoms with Gasteiger partial charge in [-0.05, 0) is 24.3 Å². The molecular formula is C21H22N6O2. The van der Waals surface area contributed by atoms with E-state index in [4.69, 9.17) is 9.47 Å². The summed E-state index contributed by atoms with van der Waals surface area (Å²) in [6.45, 7) is 4.04. The second-order valence-electron chi connectivity index (χ2n) is 7.06. The van der Waals surface area contributed by atoms with Gasteiger partial charge in [0.2, 0.25) is 0 Å². The van der Waals surface area contributed by atoms with Gasteiger partial charge in [0.15, 0.2) is 6.10 Å². The molecule has 0 radical (unpaired) electrons. The van der Waals surface area contributed by atoms with E-state index in [9.17, 15) is 0 Å². The molecule has 1 unspecified atom stereocenters. The van der Waals surface area contributed by atoms with Crippen molar-refractivity contribution in [1.29, 1.82) is 0 Å². The molecule has 2 aromatic carbocycles. The second kappa shape index (κ2) is 8.02. The first-order chi connectivity index (χ1) is 14.4. The quantitative estimate of drug-likeness (QED) is 0.526. The Balaban J connectivity index is 1.51. The largest absolute Gasteiger partial charge is 0.483 e. The first-order valence-electron chi connectivity index (χ1n) is 9.73. The lowest BCUT2D eigenvalue weighted by molar-refractivity contribution is 0.0184. The molecule has 1 fully saturated rings. The molecule has 0 spiro atoms. The molecule has 1 aliphatic rings. The van der Waals surface area contributed by atoms with Crippen molar-refractivity contribution < 1.29 is 9.47 Å². The number of aromatic amines is 2. The number of ether oxygens (including phenoxy) is 2. The van der Waals surface area contributed by atoms with Crippen molar-refractivity contribution in [3.8, 4) is 17.0 Å². The first kappa shape index (κ1) is 17.8. The van der Waals surface area contributed by atoms with Crippen LogP contribution >= 0.6 is 0 Å². The number of nitrogens with zero attached hydrogens (tertiary/aromatic N) is 4. The van der Waals surface area contributed by atoms with Crippen molar-refractivity contribution in [2.24, 2.45) is 0 Å². The van der Waals surface area contributed by atoms with E-state index >= 15 is 0 Å². The van der Waals surface area contributed by atoms with E-state index in [1.54, 1.807) is 6.20 Å². The Kier molecular flexibility index (Phi) is 4.93. The van der Waals surface area contributed by atoms with Crippen molar-refractivity contribution in [3.05, 3.63) is 60.4 Å². The molecule has 148 valence electrons. The molecule has 0 saturated carbocycles. The summed E-state index contributed by atoms with van der Waals surface area (Å²) in [5.74, 6) is 0.834. The number of nitrogens with one attached hydrogen (secondary N) is 2. The number of para-hydroxylation sites is 1. The van der Waals surface area contributed by atoms with Crippen LogP contribution in [0, 0.1) is 0 Å². The maximum absolute atomic E-state index is 6.41. The molecule has 3 heterocycles. The van der Waals surface area contributed by atoms with E-state index in [2.05, 4.69) is 36.6 Å². The molecule has 4 aromatic rings. The highest BCUT2D eigenvalue weighted by molar-refractivity contribution is 5.86. The molecule has 1 saturated heterocycles. The minimum atomic E-state index is -0.187. The number of benzene rings is 2. The van der Waals surface area contributed by atoms with Crippen LogP contribution in [0.1, 0.15) is 11.8 Å². The monoisotopic (exact) mass is 390 g/mol. The summed E-state index contributed by atoms with van der Waals surface area (Å²) in [7, 11) is 0. The average Bonchev–Trinajstić information content (AvgIpc) is 3.44. The lowest BCUT2D eigenvalue weighted by atomic mass is 10.1. The highest BCUT2D eigenvalue weighted by Crippen LogP contribution is 2.30. The standard InChI is InChI=1S/C21H22N6O2/c1-2-4-16(5-3-1)29-20(14-27-8-10-28-11-9-27)21-17-12-15(19-13-22-26-24-19)6-7-18(17)23-25-21/h1-7,12-13,20H,8-11,14H2,(H,23,25)(H,22,24,26). The third-order valence-corrected chi connectivity index (χ3v) is 5.17. The van der Waals surface area contributed by atoms with Crippen molar-refractivity contribution in [1.82, 2.24) is 30.5 Å². The number of morpholine rings is 1. The predicted molar refractivity (Wildman–Crippen MR) is 109 cm³/mol. The third kappa shape index (κ3) is 3.85. The first-order valence-corrected chi connectivity index (χ1v) is 9.73. The van der Waals surface area contributed by atoms with Crippen LogP contribution in [0.5, 0.6) is 5.75 Å². The van der Waals surface area contributed by atoms with Crippen LogP contribution in [-0.2, 0) is 4.74 Å². The summed E-state index contributed by atoms with van der Waals surface area (Å²) >= 11 is 0. The van der Waals surface area contributed by atoms with Gasteiger partial charge in [0.25, 0.3) is 0 Å². The summed E-state index contributed by atoms with van der Waals surface area (Å²) in [6, 6.07) is 16.0. The van der Waals surface area contributed by atoms with Crippen molar-refractivity contribution in [2.75, 3.05) is 32.8 Å². The summed E-state index contributed by atoms with van der Waals surface area (Å²) in [5.41, 5.74) is 3.64. The van der Waals surface area contributed by atoms with Gasteiger partial charge in [-0.3, -0.25) is 10.00 Å². The number of aromatic nitrogens is 5. The van der Waals surface area contributed by atoms with Crippen LogP contribution in [0.2, 0.25) is 0 Å². The fraction of sp³-hybridized carbons (Fsp3) is 0.286. The van der Waals surface area contributed by atoms with E-state index in [0.717, 1.165) is 66.5 Å². The van der Waals surface area contributed by atoms with E-state index < -0.39 is 0 Å². The van der Waals surface area contributed by atoms with Gasteiger partial charge >= 0.3 is 0 Å². The van der Waals surface area contributed by atoms with Gasteiger partial charge in [0.1, 0.15) is 11.4 Å². The maximum Gasteiger partial charge on any atom is 0.153 e. The predicted octanol–water partition coefficient (Wildman–Crippen LogP) is 2.80. The number of hydrogen-bond acceptors (Lipinski definition) is 6. The lowest BCUT2D eigenvalue weighted by Gasteiger charge is -2.30.